The van der Waals surface area contributed by atoms with Gasteiger partial charge >= 0.3 is 0 Å². The molecule has 0 aromatic heterocycles. The van der Waals surface area contributed by atoms with Crippen LogP contribution in [-0.2, 0) is 0 Å². The van der Waals surface area contributed by atoms with Crippen LogP contribution in [0.5, 0.6) is 0 Å². The van der Waals surface area contributed by atoms with E-state index in [1.54, 1.807) is 0 Å². The zero-order chi connectivity index (χ0) is 23.3. The molecule has 1 heteroatoms. The van der Waals surface area contributed by atoms with Gasteiger partial charge in [-0.15, -0.1) is 0 Å². The summed E-state index contributed by atoms with van der Waals surface area (Å²) >= 11 is 0. The van der Waals surface area contributed by atoms with Crippen LogP contribution in [0.15, 0.2) is 83.4 Å². The topological polar surface area (TPSA) is 0 Å². The molecule has 0 heterocycles. The quantitative estimate of drug-likeness (QED) is 0.336. The average molecular weight is 436 g/mol. The molecule has 0 bridgehead atoms. The van der Waals surface area contributed by atoms with Crippen LogP contribution in [0.2, 0.25) is 5.04 Å². The van der Waals surface area contributed by atoms with Crippen LogP contribution in [0.4, 0.5) is 0 Å². The van der Waals surface area contributed by atoms with Crippen molar-refractivity contribution in [3.63, 3.8) is 0 Å². The van der Waals surface area contributed by atoms with Gasteiger partial charge in [0, 0.05) is 5.04 Å². The summed E-state index contributed by atoms with van der Waals surface area (Å²) in [4.78, 5) is 0. The van der Waals surface area contributed by atoms with Crippen molar-refractivity contribution in [2.45, 2.75) is 60.4 Å². The Bertz CT molecular complexity index is 1190. The first-order valence-electron chi connectivity index (χ1n) is 11.6. The predicted octanol–water partition coefficient (Wildman–Crippen LogP) is 6.25. The van der Waals surface area contributed by atoms with E-state index in [1.165, 1.54) is 54.5 Å². The predicted molar refractivity (Wildman–Crippen MR) is 142 cm³/mol. The van der Waals surface area contributed by atoms with Crippen LogP contribution in [0, 0.1) is 33.8 Å². The second kappa shape index (κ2) is 8.05. The Morgan fingerprint density at radius 3 is 1.56 bits per heavy atom. The van der Waals surface area contributed by atoms with Gasteiger partial charge < -0.3 is 0 Å². The molecule has 0 nitrogen and oxygen atoms in total. The molecule has 1 unspecified atom stereocenters. The summed E-state index contributed by atoms with van der Waals surface area (Å²) < 4.78 is 0. The van der Waals surface area contributed by atoms with E-state index in [-0.39, 0.29) is 5.04 Å². The number of benzene rings is 3. The summed E-state index contributed by atoms with van der Waals surface area (Å²) in [5.41, 5.74) is 9.73. The summed E-state index contributed by atoms with van der Waals surface area (Å²) in [6.07, 6.45) is 4.06. The van der Waals surface area contributed by atoms with Gasteiger partial charge in [-0.1, -0.05) is 79.2 Å². The minimum atomic E-state index is -2.60. The van der Waals surface area contributed by atoms with E-state index in [0.29, 0.717) is 0 Å². The van der Waals surface area contributed by atoms with Crippen LogP contribution < -0.4 is 15.6 Å². The highest BCUT2D eigenvalue weighted by atomic mass is 28.3. The molecular formula is C31H35Si. The molecule has 1 radical (unpaired) electrons. The molecule has 32 heavy (non-hydrogen) atoms. The molecule has 0 spiro atoms. The van der Waals surface area contributed by atoms with Crippen molar-refractivity contribution >= 4 is 23.6 Å². The van der Waals surface area contributed by atoms with Crippen molar-refractivity contribution in [2.24, 2.45) is 0 Å². The second-order valence-corrected chi connectivity index (χ2v) is 13.9. The van der Waals surface area contributed by atoms with E-state index < -0.39 is 8.07 Å². The molecular weight excluding hydrogens is 400 g/mol. The van der Waals surface area contributed by atoms with Gasteiger partial charge in [0.1, 0.15) is 0 Å². The number of hydrogen-bond donors (Lipinski definition) is 0. The smallest absolute Gasteiger partial charge is 0.0624 e. The number of allylic oxidation sites excluding steroid dienone is 4. The van der Waals surface area contributed by atoms with Crippen LogP contribution >= 0.6 is 0 Å². The van der Waals surface area contributed by atoms with Gasteiger partial charge in [0.15, 0.2) is 8.07 Å². The lowest BCUT2D eigenvalue weighted by atomic mass is 10.0. The van der Waals surface area contributed by atoms with Crippen LogP contribution in [0.25, 0.3) is 0 Å². The van der Waals surface area contributed by atoms with Crippen LogP contribution in [0.1, 0.15) is 49.9 Å². The van der Waals surface area contributed by atoms with E-state index in [2.05, 4.69) is 128 Å². The normalized spacial score (nSPS) is 18.8. The Labute approximate surface area is 195 Å². The van der Waals surface area contributed by atoms with Crippen molar-refractivity contribution in [1.29, 1.82) is 0 Å². The maximum absolute atomic E-state index is 4.06. The third-order valence-electron chi connectivity index (χ3n) is 8.29. The fraction of sp³-hybridized carbons (Fsp3) is 0.290. The monoisotopic (exact) mass is 435 g/mol. The first-order chi connectivity index (χ1) is 15.2. The lowest BCUT2D eigenvalue weighted by Crippen LogP contribution is -2.74. The van der Waals surface area contributed by atoms with Crippen LogP contribution in [0.3, 0.4) is 0 Å². The standard InChI is InChI=1S/C31H35Si/c1-21-14-12-18-29(25(21)5)32(28-16-10-9-11-17-28,30-19-13-15-22(2)26(30)6)31(8)20-23(3)24(4)27(31)7/h9-19H,1-8H3. The van der Waals surface area contributed by atoms with Gasteiger partial charge in [0.25, 0.3) is 0 Å². The maximum atomic E-state index is 4.06. The number of rotatable bonds is 4. The third kappa shape index (κ3) is 3.02. The first kappa shape index (κ1) is 22.5. The Kier molecular flexibility index (Phi) is 5.67. The average Bonchev–Trinajstić information content (AvgIpc) is 2.98. The van der Waals surface area contributed by atoms with Gasteiger partial charge in [0.05, 0.1) is 0 Å². The molecule has 1 aliphatic rings. The van der Waals surface area contributed by atoms with Crippen molar-refractivity contribution in [2.75, 3.05) is 0 Å². The molecule has 163 valence electrons. The zero-order valence-electron chi connectivity index (χ0n) is 20.9. The molecule has 0 aliphatic heterocycles. The Morgan fingerprint density at radius 2 is 1.12 bits per heavy atom. The minimum absolute atomic E-state index is 0.181. The molecule has 0 saturated carbocycles. The highest BCUT2D eigenvalue weighted by Gasteiger charge is 2.57. The van der Waals surface area contributed by atoms with Crippen molar-refractivity contribution in [1.82, 2.24) is 0 Å². The molecule has 0 amide bonds. The summed E-state index contributed by atoms with van der Waals surface area (Å²) in [5.74, 6) is 0. The van der Waals surface area contributed by atoms with Crippen LogP contribution in [-0.4, -0.2) is 8.07 Å². The van der Waals surface area contributed by atoms with E-state index in [1.807, 2.05) is 0 Å². The van der Waals surface area contributed by atoms with Gasteiger partial charge in [-0.3, -0.25) is 0 Å². The fourth-order valence-corrected chi connectivity index (χ4v) is 12.5. The number of hydrogen-bond acceptors (Lipinski definition) is 0. The van der Waals surface area contributed by atoms with E-state index in [9.17, 15) is 0 Å². The fourth-order valence-electron chi connectivity index (χ4n) is 5.88. The Balaban J connectivity index is 2.30. The summed E-state index contributed by atoms with van der Waals surface area (Å²) in [6, 6.07) is 25.2. The lowest BCUT2D eigenvalue weighted by Gasteiger charge is -2.48. The van der Waals surface area contributed by atoms with Crippen molar-refractivity contribution in [3.8, 4) is 0 Å². The van der Waals surface area contributed by atoms with Gasteiger partial charge in [-0.25, -0.2) is 0 Å². The summed E-state index contributed by atoms with van der Waals surface area (Å²) in [5, 5.41) is 4.29. The largest absolute Gasteiger partial charge is 0.163 e. The zero-order valence-corrected chi connectivity index (χ0v) is 21.9. The Hall–Kier alpha value is -2.64. The van der Waals surface area contributed by atoms with Crippen molar-refractivity contribution < 1.29 is 0 Å². The molecule has 0 fully saturated rings. The van der Waals surface area contributed by atoms with Crippen molar-refractivity contribution in [3.05, 3.63) is 112 Å². The van der Waals surface area contributed by atoms with E-state index in [4.69, 9.17) is 0 Å². The van der Waals surface area contributed by atoms with Gasteiger partial charge in [0.2, 0.25) is 0 Å². The van der Waals surface area contributed by atoms with E-state index >= 15 is 0 Å². The first-order valence-corrected chi connectivity index (χ1v) is 13.6. The van der Waals surface area contributed by atoms with Gasteiger partial charge in [-0.05, 0) is 104 Å². The summed E-state index contributed by atoms with van der Waals surface area (Å²) in [7, 11) is -2.60. The SMILES string of the molecule is CC1=[C]C(C)([Si](c2ccccc2)(c2cccc(C)c2C)c2cccc(C)c2C)C(C)=C1C. The second-order valence-electron chi connectivity index (χ2n) is 9.74. The highest BCUT2D eigenvalue weighted by molar-refractivity contribution is 7.14. The van der Waals surface area contributed by atoms with E-state index in [0.717, 1.165) is 0 Å². The highest BCUT2D eigenvalue weighted by Crippen LogP contribution is 2.52. The third-order valence-corrected chi connectivity index (χ3v) is 14.2. The summed E-state index contributed by atoms with van der Waals surface area (Å²) in [6.45, 7) is 18.5. The molecule has 1 aliphatic carbocycles. The molecule has 4 rings (SSSR count). The molecule has 0 N–H and O–H groups in total. The minimum Gasteiger partial charge on any atom is -0.0624 e. The molecule has 1 atom stereocenters. The Morgan fingerprint density at radius 1 is 0.625 bits per heavy atom. The maximum Gasteiger partial charge on any atom is 0.163 e. The molecule has 0 saturated heterocycles. The number of aryl methyl sites for hydroxylation is 2. The molecule has 3 aromatic rings. The van der Waals surface area contributed by atoms with Gasteiger partial charge in [-0.2, -0.15) is 0 Å². The molecule has 3 aromatic carbocycles. The lowest BCUT2D eigenvalue weighted by molar-refractivity contribution is 0.847.